The van der Waals surface area contributed by atoms with E-state index in [-0.39, 0.29) is 6.61 Å². The molecule has 0 N–H and O–H groups in total. The lowest BCUT2D eigenvalue weighted by Crippen LogP contribution is -2.27. The van der Waals surface area contributed by atoms with Crippen LogP contribution in [0.3, 0.4) is 0 Å². The molecule has 0 bridgehead atoms. The van der Waals surface area contributed by atoms with E-state index in [9.17, 15) is 9.59 Å². The van der Waals surface area contributed by atoms with E-state index in [1.54, 1.807) is 0 Å². The van der Waals surface area contributed by atoms with Gasteiger partial charge in [0.1, 0.15) is 0 Å². The Morgan fingerprint density at radius 2 is 1.56 bits per heavy atom. The van der Waals surface area contributed by atoms with E-state index >= 15 is 0 Å². The van der Waals surface area contributed by atoms with Crippen molar-refractivity contribution in [3.05, 3.63) is 0 Å². The number of ether oxygens (including phenoxy) is 1. The first-order chi connectivity index (χ1) is 8.38. The van der Waals surface area contributed by atoms with Crippen molar-refractivity contribution in [1.82, 2.24) is 0 Å². The normalized spacial score (nSPS) is 11.6. The summed E-state index contributed by atoms with van der Waals surface area (Å²) in [7, 11) is -1.68. The van der Waals surface area contributed by atoms with Crippen LogP contribution in [0.25, 0.3) is 0 Å². The fraction of sp³-hybridized carbons (Fsp3) is 0.818. The summed E-state index contributed by atoms with van der Waals surface area (Å²) in [6.07, 6.45) is -0.967. The smallest absolute Gasteiger partial charge is 0.452 e. The van der Waals surface area contributed by atoms with Gasteiger partial charge in [-0.3, -0.25) is 0 Å². The third-order valence-electron chi connectivity index (χ3n) is 2.19. The Labute approximate surface area is 109 Å². The van der Waals surface area contributed by atoms with Crippen molar-refractivity contribution in [2.45, 2.75) is 52.1 Å². The van der Waals surface area contributed by atoms with Gasteiger partial charge in [0.15, 0.2) is 0 Å². The Morgan fingerprint density at radius 1 is 1.06 bits per heavy atom. The van der Waals surface area contributed by atoms with Crippen LogP contribution in [0.2, 0.25) is 11.1 Å². The molecule has 7 heteroatoms. The van der Waals surface area contributed by atoms with Crippen LogP contribution in [0.5, 0.6) is 0 Å². The van der Waals surface area contributed by atoms with Crippen LogP contribution in [0.15, 0.2) is 10.2 Å². The topological polar surface area (TPSA) is 77.3 Å². The summed E-state index contributed by atoms with van der Waals surface area (Å²) in [4.78, 5) is 22.4. The monoisotopic (exact) mass is 274 g/mol. The molecule has 0 aliphatic rings. The molecule has 0 aromatic carbocycles. The molecular formula is C11H22N2O4Si. The highest BCUT2D eigenvalue weighted by molar-refractivity contribution is 6.56. The minimum absolute atomic E-state index is 0.266. The van der Waals surface area contributed by atoms with E-state index in [0.29, 0.717) is 17.5 Å². The van der Waals surface area contributed by atoms with Crippen LogP contribution in [0, 0.1) is 0 Å². The Bertz CT molecular complexity index is 297. The lowest BCUT2D eigenvalue weighted by Gasteiger charge is -2.21. The van der Waals surface area contributed by atoms with Gasteiger partial charge in [-0.05, 0) is 17.5 Å². The van der Waals surface area contributed by atoms with Crippen LogP contribution in [0.4, 0.5) is 9.59 Å². The fourth-order valence-electron chi connectivity index (χ4n) is 1.48. The number of azo groups is 1. The van der Waals surface area contributed by atoms with Crippen molar-refractivity contribution >= 4 is 21.2 Å². The van der Waals surface area contributed by atoms with Crippen molar-refractivity contribution in [3.8, 4) is 0 Å². The summed E-state index contributed by atoms with van der Waals surface area (Å²) in [6, 6.07) is 0. The zero-order chi connectivity index (χ0) is 14.1. The van der Waals surface area contributed by atoms with Crippen molar-refractivity contribution in [2.75, 3.05) is 6.61 Å². The van der Waals surface area contributed by atoms with Gasteiger partial charge in [0, 0.05) is 0 Å². The van der Waals surface area contributed by atoms with E-state index in [0.717, 1.165) is 0 Å². The molecule has 0 heterocycles. The number of carbonyl (C=O) groups excluding carboxylic acids is 2. The average Bonchev–Trinajstić information content (AvgIpc) is 2.29. The van der Waals surface area contributed by atoms with Gasteiger partial charge in [-0.2, -0.15) is 0 Å². The maximum absolute atomic E-state index is 11.4. The molecule has 6 nitrogen and oxygen atoms in total. The molecular weight excluding hydrogens is 252 g/mol. The van der Waals surface area contributed by atoms with E-state index in [2.05, 4.69) is 15.0 Å². The summed E-state index contributed by atoms with van der Waals surface area (Å²) in [5.74, 6) is 0. The highest BCUT2D eigenvalue weighted by atomic mass is 28.3. The van der Waals surface area contributed by atoms with Gasteiger partial charge in [-0.15, -0.1) is 0 Å². The molecule has 0 aromatic heterocycles. The lowest BCUT2D eigenvalue weighted by molar-refractivity contribution is 0.154. The van der Waals surface area contributed by atoms with Gasteiger partial charge in [0.25, 0.3) is 0 Å². The number of carbonyl (C=O) groups is 2. The standard InChI is InChI=1S/C11H22N2O4Si/c1-6-7-16-10(14)12-13-11(15)17-18(8(2)3)9(4)5/h8-9,18H,6-7H2,1-5H3. The molecule has 0 rings (SSSR count). The maximum atomic E-state index is 11.4. The SMILES string of the molecule is CCCOC(=O)N=NC(=O)O[SiH](C(C)C)C(C)C. The number of hydrogen-bond donors (Lipinski definition) is 0. The van der Waals surface area contributed by atoms with Crippen molar-refractivity contribution in [3.63, 3.8) is 0 Å². The van der Waals surface area contributed by atoms with Crippen LogP contribution in [0.1, 0.15) is 41.0 Å². The molecule has 2 amide bonds. The summed E-state index contributed by atoms with van der Waals surface area (Å²) >= 11 is 0. The molecule has 0 aromatic rings. The number of hydrogen-bond acceptors (Lipinski definition) is 4. The maximum Gasteiger partial charge on any atom is 0.452 e. The van der Waals surface area contributed by atoms with Gasteiger partial charge < -0.3 is 9.16 Å². The van der Waals surface area contributed by atoms with E-state index < -0.39 is 21.2 Å². The lowest BCUT2D eigenvalue weighted by atomic mass is 10.5. The molecule has 0 aliphatic carbocycles. The Balaban J connectivity index is 4.24. The van der Waals surface area contributed by atoms with Crippen molar-refractivity contribution in [2.24, 2.45) is 10.2 Å². The Hall–Kier alpha value is -1.24. The first kappa shape index (κ1) is 16.8. The van der Waals surface area contributed by atoms with E-state index in [1.165, 1.54) is 0 Å². The van der Waals surface area contributed by atoms with E-state index in [4.69, 9.17) is 4.43 Å². The summed E-state index contributed by atoms with van der Waals surface area (Å²) < 4.78 is 9.91. The summed E-state index contributed by atoms with van der Waals surface area (Å²) in [5.41, 5.74) is 0.632. The number of rotatable bonds is 5. The zero-order valence-corrected chi connectivity index (χ0v) is 12.8. The summed E-state index contributed by atoms with van der Waals surface area (Å²) in [6.45, 7) is 10.2. The minimum atomic E-state index is -1.68. The highest BCUT2D eigenvalue weighted by Gasteiger charge is 2.24. The van der Waals surface area contributed by atoms with Gasteiger partial charge in [-0.1, -0.05) is 44.8 Å². The molecule has 18 heavy (non-hydrogen) atoms. The Kier molecular flexibility index (Phi) is 8.18. The van der Waals surface area contributed by atoms with Crippen LogP contribution in [-0.2, 0) is 9.16 Å². The third kappa shape index (κ3) is 7.15. The van der Waals surface area contributed by atoms with Gasteiger partial charge >= 0.3 is 12.2 Å². The molecule has 0 fully saturated rings. The van der Waals surface area contributed by atoms with Gasteiger partial charge in [-0.25, -0.2) is 9.59 Å². The number of amides is 2. The highest BCUT2D eigenvalue weighted by Crippen LogP contribution is 2.21. The first-order valence-electron chi connectivity index (χ1n) is 6.17. The minimum Gasteiger partial charge on any atom is -0.503 e. The largest absolute Gasteiger partial charge is 0.503 e. The second-order valence-electron chi connectivity index (χ2n) is 4.65. The van der Waals surface area contributed by atoms with Gasteiger partial charge in [0.2, 0.25) is 9.04 Å². The van der Waals surface area contributed by atoms with Crippen LogP contribution < -0.4 is 0 Å². The second kappa shape index (κ2) is 8.79. The predicted molar refractivity (Wildman–Crippen MR) is 70.3 cm³/mol. The van der Waals surface area contributed by atoms with Crippen molar-refractivity contribution < 1.29 is 18.8 Å². The molecule has 0 saturated carbocycles. The second-order valence-corrected chi connectivity index (χ2v) is 8.48. The predicted octanol–water partition coefficient (Wildman–Crippen LogP) is 3.67. The number of nitrogens with zero attached hydrogens (tertiary/aromatic N) is 2. The molecule has 0 atom stereocenters. The van der Waals surface area contributed by atoms with Crippen molar-refractivity contribution in [1.29, 1.82) is 0 Å². The average molecular weight is 274 g/mol. The van der Waals surface area contributed by atoms with E-state index in [1.807, 2.05) is 34.6 Å². The molecule has 0 spiro atoms. The quantitative estimate of drug-likeness (QED) is 0.566. The Morgan fingerprint density at radius 3 is 2.00 bits per heavy atom. The molecule has 0 unspecified atom stereocenters. The molecule has 104 valence electrons. The molecule has 0 aliphatic heterocycles. The molecule has 0 radical (unpaired) electrons. The summed E-state index contributed by atoms with van der Waals surface area (Å²) in [5, 5.41) is 6.35. The zero-order valence-electron chi connectivity index (χ0n) is 11.7. The molecule has 0 saturated heterocycles. The fourth-order valence-corrected chi connectivity index (χ4v) is 3.85. The van der Waals surface area contributed by atoms with Crippen LogP contribution >= 0.6 is 0 Å². The first-order valence-corrected chi connectivity index (χ1v) is 7.98. The van der Waals surface area contributed by atoms with Crippen LogP contribution in [-0.4, -0.2) is 27.8 Å². The third-order valence-corrected chi connectivity index (χ3v) is 5.30. The van der Waals surface area contributed by atoms with Gasteiger partial charge in [0.05, 0.1) is 6.61 Å².